The second kappa shape index (κ2) is 11.2. The van der Waals surface area contributed by atoms with Gasteiger partial charge >= 0.3 is 0 Å². The molecule has 1 aromatic rings. The van der Waals surface area contributed by atoms with Gasteiger partial charge in [0.1, 0.15) is 6.10 Å². The molecule has 0 bridgehead atoms. The molecule has 0 aromatic carbocycles. The van der Waals surface area contributed by atoms with Crippen molar-refractivity contribution in [3.8, 4) is 0 Å². The number of aromatic nitrogens is 2. The molecule has 1 aromatic heterocycles. The van der Waals surface area contributed by atoms with Crippen LogP contribution in [0.15, 0.2) is 17.4 Å². The van der Waals surface area contributed by atoms with E-state index >= 15 is 0 Å². The molecule has 154 valence electrons. The Morgan fingerprint density at radius 1 is 1.33 bits per heavy atom. The van der Waals surface area contributed by atoms with Crippen LogP contribution in [-0.2, 0) is 16.5 Å². The highest BCUT2D eigenvalue weighted by Gasteiger charge is 2.25. The van der Waals surface area contributed by atoms with Crippen molar-refractivity contribution >= 4 is 29.9 Å². The molecule has 3 rings (SSSR count). The number of guanidine groups is 1. The molecular weight excluding hydrogens is 459 g/mol. The third kappa shape index (κ3) is 6.58. The number of hydrogen-bond acceptors (Lipinski definition) is 5. The van der Waals surface area contributed by atoms with Crippen molar-refractivity contribution in [2.24, 2.45) is 18.0 Å². The topological polar surface area (TPSA) is 67.2 Å². The zero-order chi connectivity index (χ0) is 18.4. The minimum atomic E-state index is 0. The summed E-state index contributed by atoms with van der Waals surface area (Å²) in [7, 11) is 3.78. The molecule has 0 saturated carbocycles. The van der Waals surface area contributed by atoms with Crippen LogP contribution >= 0.6 is 24.0 Å². The number of halogens is 1. The second-order valence-corrected chi connectivity index (χ2v) is 7.20. The third-order valence-electron chi connectivity index (χ3n) is 4.96. The van der Waals surface area contributed by atoms with Crippen molar-refractivity contribution in [2.75, 3.05) is 66.1 Å². The van der Waals surface area contributed by atoms with Gasteiger partial charge < -0.3 is 19.7 Å². The van der Waals surface area contributed by atoms with E-state index in [9.17, 15) is 0 Å². The first-order valence-corrected chi connectivity index (χ1v) is 9.51. The Bertz CT molecular complexity index is 590. The third-order valence-corrected chi connectivity index (χ3v) is 4.96. The fourth-order valence-electron chi connectivity index (χ4n) is 3.54. The van der Waals surface area contributed by atoms with Crippen molar-refractivity contribution in [1.82, 2.24) is 24.9 Å². The second-order valence-electron chi connectivity index (χ2n) is 7.20. The molecule has 0 radical (unpaired) electrons. The smallest absolute Gasteiger partial charge is 0.193 e. The lowest BCUT2D eigenvalue weighted by Gasteiger charge is -2.35. The average Bonchev–Trinajstić information content (AvgIpc) is 3.10. The highest BCUT2D eigenvalue weighted by Crippen LogP contribution is 2.21. The van der Waals surface area contributed by atoms with E-state index in [-0.39, 0.29) is 30.1 Å². The highest BCUT2D eigenvalue weighted by atomic mass is 127. The largest absolute Gasteiger partial charge is 0.379 e. The molecule has 2 unspecified atom stereocenters. The van der Waals surface area contributed by atoms with Gasteiger partial charge in [0.15, 0.2) is 5.96 Å². The van der Waals surface area contributed by atoms with Crippen LogP contribution in [0.1, 0.15) is 18.6 Å². The van der Waals surface area contributed by atoms with E-state index in [2.05, 4.69) is 32.1 Å². The van der Waals surface area contributed by atoms with E-state index in [0.717, 1.165) is 64.0 Å². The van der Waals surface area contributed by atoms with Crippen LogP contribution in [0.4, 0.5) is 0 Å². The van der Waals surface area contributed by atoms with Gasteiger partial charge in [0, 0.05) is 58.6 Å². The summed E-state index contributed by atoms with van der Waals surface area (Å²) in [4.78, 5) is 9.24. The summed E-state index contributed by atoms with van der Waals surface area (Å²) in [5.41, 5.74) is 1.12. The zero-order valence-corrected chi connectivity index (χ0v) is 19.0. The first kappa shape index (κ1) is 22.4. The van der Waals surface area contributed by atoms with E-state index in [1.165, 1.54) is 0 Å². The quantitative estimate of drug-likeness (QED) is 0.375. The molecule has 2 aliphatic heterocycles. The maximum Gasteiger partial charge on any atom is 0.193 e. The molecule has 3 heterocycles. The van der Waals surface area contributed by atoms with Gasteiger partial charge in [-0.3, -0.25) is 14.6 Å². The summed E-state index contributed by atoms with van der Waals surface area (Å²) in [5, 5.41) is 7.80. The lowest BCUT2D eigenvalue weighted by Crippen LogP contribution is -2.49. The fourth-order valence-corrected chi connectivity index (χ4v) is 3.54. The molecule has 2 fully saturated rings. The van der Waals surface area contributed by atoms with Crippen molar-refractivity contribution in [3.05, 3.63) is 18.0 Å². The standard InChI is InChI=1S/C18H32N6O2.HI/c1-15(12-23-4-7-25-8-5-23)10-20-18(19-2)24-6-9-26-17(14-24)16-11-21-22(3)13-16;/h11,13,15,17H,4-10,12,14H2,1-3H3,(H,19,20);1H. The lowest BCUT2D eigenvalue weighted by molar-refractivity contribution is -0.00813. The Labute approximate surface area is 179 Å². The van der Waals surface area contributed by atoms with E-state index in [0.29, 0.717) is 12.5 Å². The van der Waals surface area contributed by atoms with Crippen molar-refractivity contribution < 1.29 is 9.47 Å². The van der Waals surface area contributed by atoms with Gasteiger partial charge in [0.25, 0.3) is 0 Å². The normalized spacial score (nSPS) is 23.0. The number of aliphatic imine (C=N–C) groups is 1. The van der Waals surface area contributed by atoms with Crippen molar-refractivity contribution in [1.29, 1.82) is 0 Å². The van der Waals surface area contributed by atoms with Gasteiger partial charge in [-0.25, -0.2) is 0 Å². The molecule has 8 nitrogen and oxygen atoms in total. The van der Waals surface area contributed by atoms with Gasteiger partial charge in [0.05, 0.1) is 32.6 Å². The van der Waals surface area contributed by atoms with E-state index in [1.807, 2.05) is 31.2 Å². The average molecular weight is 492 g/mol. The molecule has 1 N–H and O–H groups in total. The molecule has 0 spiro atoms. The number of hydrogen-bond donors (Lipinski definition) is 1. The molecule has 2 atom stereocenters. The predicted molar refractivity (Wildman–Crippen MR) is 117 cm³/mol. The lowest BCUT2D eigenvalue weighted by atomic mass is 10.1. The monoisotopic (exact) mass is 492 g/mol. The number of rotatable bonds is 5. The van der Waals surface area contributed by atoms with Crippen molar-refractivity contribution in [2.45, 2.75) is 13.0 Å². The van der Waals surface area contributed by atoms with Crippen LogP contribution in [-0.4, -0.2) is 91.7 Å². The number of morpholine rings is 2. The van der Waals surface area contributed by atoms with Gasteiger partial charge in [-0.15, -0.1) is 24.0 Å². The van der Waals surface area contributed by atoms with E-state index in [1.54, 1.807) is 0 Å². The number of aryl methyl sites for hydroxylation is 1. The summed E-state index contributed by atoms with van der Waals surface area (Å²) in [6, 6.07) is 0. The van der Waals surface area contributed by atoms with Crippen LogP contribution in [0, 0.1) is 5.92 Å². The van der Waals surface area contributed by atoms with Gasteiger partial charge in [-0.1, -0.05) is 6.92 Å². The number of nitrogens with one attached hydrogen (secondary N) is 1. The van der Waals surface area contributed by atoms with Gasteiger partial charge in [-0.2, -0.15) is 5.10 Å². The van der Waals surface area contributed by atoms with Crippen LogP contribution in [0.5, 0.6) is 0 Å². The molecule has 9 heteroatoms. The molecular formula is C18H33IN6O2. The summed E-state index contributed by atoms with van der Waals surface area (Å²) in [6.45, 7) is 10.4. The van der Waals surface area contributed by atoms with Crippen molar-refractivity contribution in [3.63, 3.8) is 0 Å². The minimum absolute atomic E-state index is 0. The first-order chi connectivity index (χ1) is 12.7. The van der Waals surface area contributed by atoms with Crippen LogP contribution in [0.3, 0.4) is 0 Å². The van der Waals surface area contributed by atoms with E-state index in [4.69, 9.17) is 9.47 Å². The Balaban J connectivity index is 0.00000261. The number of nitrogens with zero attached hydrogens (tertiary/aromatic N) is 5. The Morgan fingerprint density at radius 2 is 2.11 bits per heavy atom. The molecule has 27 heavy (non-hydrogen) atoms. The van der Waals surface area contributed by atoms with Crippen LogP contribution < -0.4 is 5.32 Å². The highest BCUT2D eigenvalue weighted by molar-refractivity contribution is 14.0. The Kier molecular flexibility index (Phi) is 9.27. The summed E-state index contributed by atoms with van der Waals surface area (Å²) in [6.07, 6.45) is 3.95. The SMILES string of the molecule is CN=C(NCC(C)CN1CCOCC1)N1CCOC(c2cnn(C)c2)C1.I. The molecule has 2 aliphatic rings. The predicted octanol–water partition coefficient (Wildman–Crippen LogP) is 0.955. The minimum Gasteiger partial charge on any atom is -0.379 e. The number of ether oxygens (including phenoxy) is 2. The fraction of sp³-hybridized carbons (Fsp3) is 0.778. The van der Waals surface area contributed by atoms with Crippen LogP contribution in [0.25, 0.3) is 0 Å². The van der Waals surface area contributed by atoms with E-state index < -0.39 is 0 Å². The summed E-state index contributed by atoms with van der Waals surface area (Å²) in [5.74, 6) is 1.51. The Morgan fingerprint density at radius 3 is 2.78 bits per heavy atom. The zero-order valence-electron chi connectivity index (χ0n) is 16.6. The molecule has 0 amide bonds. The Hall–Kier alpha value is -0.910. The maximum atomic E-state index is 5.93. The molecule has 0 aliphatic carbocycles. The summed E-state index contributed by atoms with van der Waals surface area (Å²) < 4.78 is 13.2. The molecule has 2 saturated heterocycles. The van der Waals surface area contributed by atoms with Gasteiger partial charge in [-0.05, 0) is 5.92 Å². The maximum absolute atomic E-state index is 5.93. The summed E-state index contributed by atoms with van der Waals surface area (Å²) >= 11 is 0. The van der Waals surface area contributed by atoms with Crippen LogP contribution in [0.2, 0.25) is 0 Å². The first-order valence-electron chi connectivity index (χ1n) is 9.51. The van der Waals surface area contributed by atoms with Gasteiger partial charge in [0.2, 0.25) is 0 Å².